The maximum absolute atomic E-state index is 12.5. The van der Waals surface area contributed by atoms with Crippen LogP contribution in [-0.2, 0) is 0 Å². The minimum absolute atomic E-state index is 0.0131. The van der Waals surface area contributed by atoms with Crippen molar-refractivity contribution in [2.75, 3.05) is 14.2 Å². The Morgan fingerprint density at radius 2 is 1.75 bits per heavy atom. The Morgan fingerprint density at radius 1 is 1.10 bits per heavy atom. The van der Waals surface area contributed by atoms with Gasteiger partial charge in [-0.1, -0.05) is 6.07 Å². The van der Waals surface area contributed by atoms with E-state index in [0.29, 0.717) is 17.1 Å². The molecule has 0 N–H and O–H groups in total. The zero-order valence-corrected chi connectivity index (χ0v) is 11.8. The summed E-state index contributed by atoms with van der Waals surface area (Å²) in [6.07, 6.45) is 1.69. The monoisotopic (exact) mass is 271 g/mol. The molecule has 1 unspecified atom stereocenters. The molecule has 2 rings (SSSR count). The molecular weight excluding hydrogens is 254 g/mol. The van der Waals surface area contributed by atoms with E-state index in [1.54, 1.807) is 38.6 Å². The Balaban J connectivity index is 2.33. The van der Waals surface area contributed by atoms with Crippen LogP contribution in [0.2, 0.25) is 0 Å². The van der Waals surface area contributed by atoms with Gasteiger partial charge in [-0.25, -0.2) is 0 Å². The predicted octanol–water partition coefficient (Wildman–Crippen LogP) is 3.09. The number of nitrogens with zero attached hydrogens (tertiary/aromatic N) is 1. The molecule has 1 heterocycles. The second-order valence-electron chi connectivity index (χ2n) is 4.44. The Bertz CT molecular complexity index is 574. The van der Waals surface area contributed by atoms with Gasteiger partial charge in [-0.15, -0.1) is 0 Å². The lowest BCUT2D eigenvalue weighted by molar-refractivity contribution is 0.0964. The molecule has 0 spiro atoms. The van der Waals surface area contributed by atoms with Crippen molar-refractivity contribution in [3.8, 4) is 11.5 Å². The highest BCUT2D eigenvalue weighted by molar-refractivity contribution is 6.01. The number of aromatic nitrogens is 1. The van der Waals surface area contributed by atoms with Crippen molar-refractivity contribution in [1.82, 2.24) is 4.98 Å². The Morgan fingerprint density at radius 3 is 2.25 bits per heavy atom. The Kier molecular flexibility index (Phi) is 4.35. The summed E-state index contributed by atoms with van der Waals surface area (Å²) in [7, 11) is 3.12. The van der Waals surface area contributed by atoms with Gasteiger partial charge in [-0.2, -0.15) is 0 Å². The zero-order valence-electron chi connectivity index (χ0n) is 11.8. The topological polar surface area (TPSA) is 48.4 Å². The third kappa shape index (κ3) is 2.96. The number of carbonyl (C=O) groups excluding carboxylic acids is 1. The van der Waals surface area contributed by atoms with Gasteiger partial charge in [0.15, 0.2) is 5.78 Å². The molecule has 4 nitrogen and oxygen atoms in total. The van der Waals surface area contributed by atoms with Crippen molar-refractivity contribution < 1.29 is 14.3 Å². The second kappa shape index (κ2) is 6.19. The average molecular weight is 271 g/mol. The smallest absolute Gasteiger partial charge is 0.171 e. The fourth-order valence-corrected chi connectivity index (χ4v) is 1.97. The van der Waals surface area contributed by atoms with E-state index in [1.165, 1.54) is 0 Å². The highest BCUT2D eigenvalue weighted by Crippen LogP contribution is 2.26. The number of pyridine rings is 1. The van der Waals surface area contributed by atoms with E-state index in [-0.39, 0.29) is 11.7 Å². The summed E-state index contributed by atoms with van der Waals surface area (Å²) in [6, 6.07) is 10.7. The van der Waals surface area contributed by atoms with Crippen molar-refractivity contribution >= 4 is 5.78 Å². The molecule has 0 amide bonds. The normalized spacial score (nSPS) is 11.8. The molecular formula is C16H17NO3. The number of rotatable bonds is 5. The van der Waals surface area contributed by atoms with Gasteiger partial charge in [0.25, 0.3) is 0 Å². The van der Waals surface area contributed by atoms with Crippen molar-refractivity contribution in [3.63, 3.8) is 0 Å². The molecule has 104 valence electrons. The summed E-state index contributed by atoms with van der Waals surface area (Å²) in [5, 5.41) is 0. The fraction of sp³-hybridized carbons (Fsp3) is 0.250. The predicted molar refractivity (Wildman–Crippen MR) is 76.5 cm³/mol. The van der Waals surface area contributed by atoms with Crippen molar-refractivity contribution in [3.05, 3.63) is 53.9 Å². The van der Waals surface area contributed by atoms with E-state index in [1.807, 2.05) is 25.1 Å². The molecule has 2 aromatic rings. The number of ketones is 1. The van der Waals surface area contributed by atoms with E-state index in [9.17, 15) is 4.79 Å². The minimum Gasteiger partial charge on any atom is -0.497 e. The summed E-state index contributed by atoms with van der Waals surface area (Å²) in [6.45, 7) is 1.84. The minimum atomic E-state index is -0.312. The summed E-state index contributed by atoms with van der Waals surface area (Å²) in [5.74, 6) is 0.871. The highest BCUT2D eigenvalue weighted by atomic mass is 16.5. The van der Waals surface area contributed by atoms with Gasteiger partial charge in [-0.3, -0.25) is 9.78 Å². The summed E-state index contributed by atoms with van der Waals surface area (Å²) < 4.78 is 10.4. The first-order valence-corrected chi connectivity index (χ1v) is 6.34. The third-order valence-corrected chi connectivity index (χ3v) is 3.16. The quantitative estimate of drug-likeness (QED) is 0.784. The molecule has 0 aliphatic heterocycles. The van der Waals surface area contributed by atoms with Crippen LogP contribution in [0.25, 0.3) is 0 Å². The maximum atomic E-state index is 12.5. The van der Waals surface area contributed by atoms with Gasteiger partial charge in [-0.05, 0) is 31.2 Å². The lowest BCUT2D eigenvalue weighted by atomic mass is 9.95. The number of Topliss-reactive ketones (excluding diaryl/α,β-unsaturated/α-hetero) is 1. The van der Waals surface area contributed by atoms with E-state index in [0.717, 1.165) is 5.69 Å². The molecule has 0 radical (unpaired) electrons. The lowest BCUT2D eigenvalue weighted by Gasteiger charge is -2.12. The molecule has 0 aliphatic carbocycles. The van der Waals surface area contributed by atoms with E-state index in [2.05, 4.69) is 4.98 Å². The molecule has 20 heavy (non-hydrogen) atoms. The van der Waals surface area contributed by atoms with Crippen LogP contribution in [0.3, 0.4) is 0 Å². The highest BCUT2D eigenvalue weighted by Gasteiger charge is 2.19. The van der Waals surface area contributed by atoms with Crippen LogP contribution < -0.4 is 9.47 Å². The summed E-state index contributed by atoms with van der Waals surface area (Å²) >= 11 is 0. The van der Waals surface area contributed by atoms with Gasteiger partial charge in [0.2, 0.25) is 0 Å². The third-order valence-electron chi connectivity index (χ3n) is 3.16. The van der Waals surface area contributed by atoms with E-state index in [4.69, 9.17) is 9.47 Å². The molecule has 0 aliphatic rings. The Labute approximate surface area is 118 Å². The van der Waals surface area contributed by atoms with E-state index < -0.39 is 0 Å². The van der Waals surface area contributed by atoms with Crippen molar-refractivity contribution in [2.24, 2.45) is 0 Å². The van der Waals surface area contributed by atoms with Crippen LogP contribution in [0.1, 0.15) is 28.9 Å². The zero-order chi connectivity index (χ0) is 14.5. The van der Waals surface area contributed by atoms with Crippen molar-refractivity contribution in [1.29, 1.82) is 0 Å². The van der Waals surface area contributed by atoms with Crippen LogP contribution >= 0.6 is 0 Å². The number of methoxy groups -OCH3 is 2. The number of hydrogen-bond donors (Lipinski definition) is 0. The molecule has 0 saturated carbocycles. The number of benzene rings is 1. The first-order chi connectivity index (χ1) is 9.65. The lowest BCUT2D eigenvalue weighted by Crippen LogP contribution is -2.11. The number of carbonyl (C=O) groups is 1. The van der Waals surface area contributed by atoms with Crippen LogP contribution in [0, 0.1) is 0 Å². The van der Waals surface area contributed by atoms with Crippen LogP contribution in [0.4, 0.5) is 0 Å². The average Bonchev–Trinajstić information content (AvgIpc) is 2.53. The van der Waals surface area contributed by atoms with Gasteiger partial charge >= 0.3 is 0 Å². The van der Waals surface area contributed by atoms with Crippen LogP contribution in [0.5, 0.6) is 11.5 Å². The van der Waals surface area contributed by atoms with Gasteiger partial charge in [0.05, 0.1) is 25.8 Å². The Hall–Kier alpha value is -2.36. The number of ether oxygens (including phenoxy) is 2. The summed E-state index contributed by atoms with van der Waals surface area (Å²) in [4.78, 5) is 16.8. The first-order valence-electron chi connectivity index (χ1n) is 6.34. The second-order valence-corrected chi connectivity index (χ2v) is 4.44. The van der Waals surface area contributed by atoms with E-state index >= 15 is 0 Å². The first kappa shape index (κ1) is 14.1. The van der Waals surface area contributed by atoms with Gasteiger partial charge in [0.1, 0.15) is 11.5 Å². The molecule has 0 saturated heterocycles. The standard InChI is InChI=1S/C16H17NO3/c1-11(15-6-4-5-7-17-15)16(18)12-8-13(19-2)10-14(9-12)20-3/h4-11H,1-3H3. The molecule has 0 bridgehead atoms. The fourth-order valence-electron chi connectivity index (χ4n) is 1.97. The van der Waals surface area contributed by atoms with Crippen LogP contribution in [-0.4, -0.2) is 25.0 Å². The molecule has 1 aromatic heterocycles. The van der Waals surface area contributed by atoms with Gasteiger partial charge < -0.3 is 9.47 Å². The largest absolute Gasteiger partial charge is 0.497 e. The van der Waals surface area contributed by atoms with Gasteiger partial charge in [0, 0.05) is 17.8 Å². The maximum Gasteiger partial charge on any atom is 0.171 e. The van der Waals surface area contributed by atoms with Crippen LogP contribution in [0.15, 0.2) is 42.6 Å². The number of hydrogen-bond acceptors (Lipinski definition) is 4. The molecule has 4 heteroatoms. The molecule has 0 fully saturated rings. The SMILES string of the molecule is COc1cc(OC)cc(C(=O)C(C)c2ccccn2)c1. The molecule has 1 aromatic carbocycles. The van der Waals surface area contributed by atoms with Crippen molar-refractivity contribution in [2.45, 2.75) is 12.8 Å². The molecule has 1 atom stereocenters. The summed E-state index contributed by atoms with van der Waals surface area (Å²) in [5.41, 5.74) is 1.30.